The Balaban J connectivity index is 2.26. The summed E-state index contributed by atoms with van der Waals surface area (Å²) >= 11 is 13.4. The smallest absolute Gasteiger partial charge is 0.138 e. The average molecular weight is 314 g/mol. The van der Waals surface area contributed by atoms with Crippen molar-refractivity contribution in [1.82, 2.24) is 8.75 Å². The zero-order valence-corrected chi connectivity index (χ0v) is 12.2. The Hall–Kier alpha value is -1.14. The summed E-state index contributed by atoms with van der Waals surface area (Å²) in [6.07, 6.45) is 0. The van der Waals surface area contributed by atoms with E-state index in [9.17, 15) is 0 Å². The minimum absolute atomic E-state index is 0.177. The van der Waals surface area contributed by atoms with Crippen LogP contribution in [0.25, 0.3) is 22.4 Å². The van der Waals surface area contributed by atoms with Crippen LogP contribution < -0.4 is 5.73 Å². The van der Waals surface area contributed by atoms with E-state index in [1.165, 1.54) is 0 Å². The third-order valence-corrected chi connectivity index (χ3v) is 3.88. The van der Waals surface area contributed by atoms with E-state index in [2.05, 4.69) is 8.75 Å². The highest BCUT2D eigenvalue weighted by Crippen LogP contribution is 2.39. The van der Waals surface area contributed by atoms with Gasteiger partial charge in [0, 0.05) is 0 Å². The van der Waals surface area contributed by atoms with Crippen LogP contribution in [0, 0.1) is 0 Å². The Labute approximate surface area is 123 Å². The molecular weight excluding hydrogens is 305 g/mol. The molecule has 1 unspecified atom stereocenters. The van der Waals surface area contributed by atoms with E-state index >= 15 is 0 Å². The number of hydrogen-bond donors (Lipinski definition) is 1. The molecule has 0 aliphatic rings. The van der Waals surface area contributed by atoms with Crippen molar-refractivity contribution in [2.75, 3.05) is 0 Å². The number of furan rings is 1. The molecule has 0 bridgehead atoms. The Morgan fingerprint density at radius 2 is 1.95 bits per heavy atom. The molecule has 1 atom stereocenters. The van der Waals surface area contributed by atoms with Crippen molar-refractivity contribution in [2.24, 2.45) is 5.73 Å². The Kier molecular flexibility index (Phi) is 3.22. The lowest BCUT2D eigenvalue weighted by Crippen LogP contribution is -2.02. The molecule has 2 aromatic heterocycles. The van der Waals surface area contributed by atoms with Crippen LogP contribution in [0.1, 0.15) is 18.7 Å². The molecule has 3 aromatic rings. The van der Waals surface area contributed by atoms with E-state index in [0.717, 1.165) is 11.7 Å². The van der Waals surface area contributed by atoms with E-state index in [0.29, 0.717) is 38.2 Å². The van der Waals surface area contributed by atoms with Crippen LogP contribution in [0.15, 0.2) is 22.6 Å². The maximum Gasteiger partial charge on any atom is 0.138 e. The van der Waals surface area contributed by atoms with Crippen molar-refractivity contribution in [3.05, 3.63) is 34.0 Å². The zero-order chi connectivity index (χ0) is 13.6. The lowest BCUT2D eigenvalue weighted by atomic mass is 10.1. The van der Waals surface area contributed by atoms with Crippen LogP contribution >= 0.6 is 34.9 Å². The van der Waals surface area contributed by atoms with Gasteiger partial charge in [-0.1, -0.05) is 23.2 Å². The molecule has 7 heteroatoms. The first-order valence-electron chi connectivity index (χ1n) is 5.54. The average Bonchev–Trinajstić information content (AvgIpc) is 2.97. The van der Waals surface area contributed by atoms with Crippen molar-refractivity contribution < 1.29 is 4.42 Å². The fraction of sp³-hybridized carbons (Fsp3) is 0.167. The number of hydrogen-bond acceptors (Lipinski definition) is 5. The molecule has 0 fully saturated rings. The van der Waals surface area contributed by atoms with E-state index in [1.54, 1.807) is 6.07 Å². The Morgan fingerprint density at radius 1 is 1.21 bits per heavy atom. The third-order valence-electron chi connectivity index (χ3n) is 2.77. The molecule has 1 aromatic carbocycles. The lowest BCUT2D eigenvalue weighted by molar-refractivity contribution is 0.491. The molecule has 0 radical (unpaired) electrons. The summed E-state index contributed by atoms with van der Waals surface area (Å²) in [5, 5.41) is 0.965. The van der Waals surface area contributed by atoms with Gasteiger partial charge >= 0.3 is 0 Å². The number of benzene rings is 1. The molecule has 2 N–H and O–H groups in total. The van der Waals surface area contributed by atoms with E-state index in [1.807, 2.05) is 19.1 Å². The minimum Gasteiger partial charge on any atom is -0.459 e. The standard InChI is InChI=1S/C12H9Cl2N3OS/c1-5(15)8-2-3-9(18-8)10-6(13)4-7(14)11-12(10)17-19-16-11/h2-5H,15H2,1H3. The Morgan fingerprint density at radius 3 is 2.63 bits per heavy atom. The van der Waals surface area contributed by atoms with Crippen LogP contribution in [-0.2, 0) is 0 Å². The summed E-state index contributed by atoms with van der Waals surface area (Å²) in [6.45, 7) is 1.85. The van der Waals surface area contributed by atoms with Crippen molar-refractivity contribution >= 4 is 46.0 Å². The summed E-state index contributed by atoms with van der Waals surface area (Å²) < 4.78 is 14.1. The number of fused-ring (bicyclic) bond motifs is 1. The van der Waals surface area contributed by atoms with Crippen molar-refractivity contribution in [3.63, 3.8) is 0 Å². The molecule has 98 valence electrons. The highest BCUT2D eigenvalue weighted by molar-refractivity contribution is 7.00. The summed E-state index contributed by atoms with van der Waals surface area (Å²) in [4.78, 5) is 0. The number of halogens is 2. The summed E-state index contributed by atoms with van der Waals surface area (Å²) in [5.74, 6) is 1.31. The van der Waals surface area contributed by atoms with E-state index in [4.69, 9.17) is 33.4 Å². The normalized spacial score (nSPS) is 13.1. The molecule has 0 amide bonds. The number of nitrogens with two attached hydrogens (primary N) is 1. The number of nitrogens with zero attached hydrogens (tertiary/aromatic N) is 2. The molecule has 0 saturated heterocycles. The first-order chi connectivity index (χ1) is 9.08. The van der Waals surface area contributed by atoms with Gasteiger partial charge in [0.05, 0.1) is 33.4 Å². The largest absolute Gasteiger partial charge is 0.459 e. The maximum atomic E-state index is 6.25. The van der Waals surface area contributed by atoms with Gasteiger partial charge in [0.15, 0.2) is 0 Å². The van der Waals surface area contributed by atoms with Crippen LogP contribution in [0.5, 0.6) is 0 Å². The van der Waals surface area contributed by atoms with E-state index in [-0.39, 0.29) is 6.04 Å². The second-order valence-electron chi connectivity index (χ2n) is 4.17. The maximum absolute atomic E-state index is 6.25. The lowest BCUT2D eigenvalue weighted by Gasteiger charge is -2.04. The van der Waals surface area contributed by atoms with E-state index < -0.39 is 0 Å². The van der Waals surface area contributed by atoms with Crippen LogP contribution in [0.4, 0.5) is 0 Å². The molecular formula is C12H9Cl2N3OS. The first kappa shape index (κ1) is 12.9. The SMILES string of the molecule is CC(N)c1ccc(-c2c(Cl)cc(Cl)c3nsnc23)o1. The predicted molar refractivity (Wildman–Crippen MR) is 77.7 cm³/mol. The monoisotopic (exact) mass is 313 g/mol. The molecule has 0 spiro atoms. The first-order valence-corrected chi connectivity index (χ1v) is 7.02. The summed E-state index contributed by atoms with van der Waals surface area (Å²) in [6, 6.07) is 5.13. The van der Waals surface area contributed by atoms with Crippen LogP contribution in [0.3, 0.4) is 0 Å². The van der Waals surface area contributed by atoms with Crippen molar-refractivity contribution in [2.45, 2.75) is 13.0 Å². The zero-order valence-electron chi connectivity index (χ0n) is 9.85. The van der Waals surface area contributed by atoms with Gasteiger partial charge in [-0.05, 0) is 25.1 Å². The molecule has 2 heterocycles. The van der Waals surface area contributed by atoms with Gasteiger partial charge in [-0.25, -0.2) is 0 Å². The van der Waals surface area contributed by atoms with Gasteiger partial charge in [-0.15, -0.1) is 0 Å². The highest BCUT2D eigenvalue weighted by Gasteiger charge is 2.18. The van der Waals surface area contributed by atoms with Gasteiger partial charge in [-0.2, -0.15) is 8.75 Å². The summed E-state index contributed by atoms with van der Waals surface area (Å²) in [5.41, 5.74) is 7.76. The third kappa shape index (κ3) is 2.12. The van der Waals surface area contributed by atoms with Gasteiger partial charge < -0.3 is 10.2 Å². The number of aromatic nitrogens is 2. The van der Waals surface area contributed by atoms with Gasteiger partial charge in [0.2, 0.25) is 0 Å². The molecule has 0 aliphatic carbocycles. The topological polar surface area (TPSA) is 64.9 Å². The van der Waals surface area contributed by atoms with Gasteiger partial charge in [-0.3, -0.25) is 0 Å². The van der Waals surface area contributed by atoms with Gasteiger partial charge in [0.25, 0.3) is 0 Å². The second-order valence-corrected chi connectivity index (χ2v) is 5.51. The van der Waals surface area contributed by atoms with Crippen molar-refractivity contribution in [3.8, 4) is 11.3 Å². The minimum atomic E-state index is -0.177. The fourth-order valence-corrected chi connectivity index (χ4v) is 3.05. The molecule has 0 aliphatic heterocycles. The fourth-order valence-electron chi connectivity index (χ4n) is 1.84. The summed E-state index contributed by atoms with van der Waals surface area (Å²) in [7, 11) is 0. The molecule has 3 rings (SSSR count). The second kappa shape index (κ2) is 4.76. The Bertz CT molecular complexity index is 751. The predicted octanol–water partition coefficient (Wildman–Crippen LogP) is 4.28. The molecule has 19 heavy (non-hydrogen) atoms. The quantitative estimate of drug-likeness (QED) is 0.767. The van der Waals surface area contributed by atoms with Crippen LogP contribution in [-0.4, -0.2) is 8.75 Å². The molecule has 4 nitrogen and oxygen atoms in total. The van der Waals surface area contributed by atoms with Crippen molar-refractivity contribution in [1.29, 1.82) is 0 Å². The highest BCUT2D eigenvalue weighted by atomic mass is 35.5. The van der Waals surface area contributed by atoms with Gasteiger partial charge in [0.1, 0.15) is 22.6 Å². The van der Waals surface area contributed by atoms with Crippen LogP contribution in [0.2, 0.25) is 10.0 Å². The molecule has 0 saturated carbocycles. The number of rotatable bonds is 2.